The first kappa shape index (κ1) is 18.9. The van der Waals surface area contributed by atoms with Crippen molar-refractivity contribution in [2.45, 2.75) is 32.4 Å². The van der Waals surface area contributed by atoms with Crippen LogP contribution in [0.1, 0.15) is 31.9 Å². The molecule has 0 unspecified atom stereocenters. The third-order valence-electron chi connectivity index (χ3n) is 4.59. The standard InChI is InChI=1S/C19H31N3O2/c1-16-14-21(3)11-12-22(16)15-19(23)20-10-7-13-24-17(2)18-8-5-4-6-9-18/h4-6,8-9,16-17H,7,10-15H2,1-3H3,(H,20,23)/t16-,17+/m0/s1. The van der Waals surface area contributed by atoms with E-state index in [-0.39, 0.29) is 12.0 Å². The number of carbonyl (C=O) groups excluding carboxylic acids is 1. The molecule has 1 fully saturated rings. The Kier molecular flexibility index (Phi) is 7.69. The van der Waals surface area contributed by atoms with Crippen LogP contribution in [0, 0.1) is 0 Å². The number of nitrogens with one attached hydrogen (secondary N) is 1. The third-order valence-corrected chi connectivity index (χ3v) is 4.59. The van der Waals surface area contributed by atoms with Crippen LogP contribution in [0.25, 0.3) is 0 Å². The van der Waals surface area contributed by atoms with Gasteiger partial charge < -0.3 is 15.0 Å². The summed E-state index contributed by atoms with van der Waals surface area (Å²) in [5, 5.41) is 3.00. The Morgan fingerprint density at radius 2 is 2.08 bits per heavy atom. The predicted octanol–water partition coefficient (Wildman–Crippen LogP) is 1.91. The number of rotatable bonds is 8. The molecule has 0 spiro atoms. The summed E-state index contributed by atoms with van der Waals surface area (Å²) in [6.45, 7) is 9.08. The summed E-state index contributed by atoms with van der Waals surface area (Å²) >= 11 is 0. The van der Waals surface area contributed by atoms with Crippen LogP contribution in [-0.4, -0.2) is 68.1 Å². The van der Waals surface area contributed by atoms with Crippen LogP contribution in [-0.2, 0) is 9.53 Å². The van der Waals surface area contributed by atoms with Crippen molar-refractivity contribution in [3.63, 3.8) is 0 Å². The zero-order valence-electron chi connectivity index (χ0n) is 15.2. The molecule has 0 saturated carbocycles. The number of hydrogen-bond donors (Lipinski definition) is 1. The summed E-state index contributed by atoms with van der Waals surface area (Å²) in [6.07, 6.45) is 0.925. The number of likely N-dealkylation sites (N-methyl/N-ethyl adjacent to an activating group) is 1. The maximum atomic E-state index is 12.0. The molecule has 24 heavy (non-hydrogen) atoms. The number of benzene rings is 1. The molecule has 5 heteroatoms. The quantitative estimate of drug-likeness (QED) is 0.738. The fraction of sp³-hybridized carbons (Fsp3) is 0.632. The van der Waals surface area contributed by atoms with Crippen molar-refractivity contribution in [3.8, 4) is 0 Å². The van der Waals surface area contributed by atoms with E-state index < -0.39 is 0 Å². The molecule has 1 aliphatic rings. The molecule has 0 radical (unpaired) electrons. The van der Waals surface area contributed by atoms with E-state index in [0.29, 0.717) is 25.7 Å². The van der Waals surface area contributed by atoms with Crippen molar-refractivity contribution in [3.05, 3.63) is 35.9 Å². The van der Waals surface area contributed by atoms with Gasteiger partial charge in [0, 0.05) is 38.8 Å². The van der Waals surface area contributed by atoms with E-state index in [2.05, 4.69) is 48.1 Å². The van der Waals surface area contributed by atoms with Crippen LogP contribution in [0.2, 0.25) is 0 Å². The van der Waals surface area contributed by atoms with E-state index in [1.807, 2.05) is 18.2 Å². The van der Waals surface area contributed by atoms with E-state index in [1.54, 1.807) is 0 Å². The molecule has 0 aliphatic carbocycles. The Balaban J connectivity index is 1.56. The molecule has 2 rings (SSSR count). The molecule has 1 aromatic carbocycles. The molecule has 1 saturated heterocycles. The minimum absolute atomic E-state index is 0.0908. The van der Waals surface area contributed by atoms with E-state index >= 15 is 0 Å². The summed E-state index contributed by atoms with van der Waals surface area (Å²) in [5.41, 5.74) is 1.19. The van der Waals surface area contributed by atoms with E-state index in [9.17, 15) is 4.79 Å². The van der Waals surface area contributed by atoms with Crippen LogP contribution < -0.4 is 5.32 Å². The van der Waals surface area contributed by atoms with Crippen LogP contribution in [0.5, 0.6) is 0 Å². The highest BCUT2D eigenvalue weighted by atomic mass is 16.5. The van der Waals surface area contributed by atoms with E-state index in [4.69, 9.17) is 4.74 Å². The monoisotopic (exact) mass is 333 g/mol. The maximum absolute atomic E-state index is 12.0. The van der Waals surface area contributed by atoms with Gasteiger partial charge in [-0.1, -0.05) is 30.3 Å². The molecule has 1 N–H and O–H groups in total. The second-order valence-electron chi connectivity index (χ2n) is 6.71. The molecule has 0 bridgehead atoms. The maximum Gasteiger partial charge on any atom is 0.234 e. The Hall–Kier alpha value is -1.43. The number of ether oxygens (including phenoxy) is 1. The van der Waals surface area contributed by atoms with Crippen LogP contribution >= 0.6 is 0 Å². The minimum Gasteiger partial charge on any atom is -0.374 e. The van der Waals surface area contributed by atoms with Gasteiger partial charge in [0.05, 0.1) is 12.6 Å². The molecule has 2 atom stereocenters. The van der Waals surface area contributed by atoms with Crippen molar-refractivity contribution in [1.29, 1.82) is 0 Å². The van der Waals surface area contributed by atoms with Gasteiger partial charge >= 0.3 is 0 Å². The highest BCUT2D eigenvalue weighted by Crippen LogP contribution is 2.15. The topological polar surface area (TPSA) is 44.8 Å². The van der Waals surface area contributed by atoms with Gasteiger partial charge in [-0.05, 0) is 32.9 Å². The predicted molar refractivity (Wildman–Crippen MR) is 97.0 cm³/mol. The van der Waals surface area contributed by atoms with Gasteiger partial charge in [-0.15, -0.1) is 0 Å². The number of hydrogen-bond acceptors (Lipinski definition) is 4. The van der Waals surface area contributed by atoms with Crippen LogP contribution in [0.15, 0.2) is 30.3 Å². The summed E-state index contributed by atoms with van der Waals surface area (Å²) < 4.78 is 5.82. The summed E-state index contributed by atoms with van der Waals surface area (Å²) in [6, 6.07) is 10.6. The first-order chi connectivity index (χ1) is 11.6. The average Bonchev–Trinajstić information content (AvgIpc) is 2.57. The van der Waals surface area contributed by atoms with Crippen molar-refractivity contribution in [2.24, 2.45) is 0 Å². The molecule has 1 amide bonds. The fourth-order valence-corrected chi connectivity index (χ4v) is 3.03. The van der Waals surface area contributed by atoms with Crippen LogP contribution in [0.4, 0.5) is 0 Å². The van der Waals surface area contributed by atoms with Crippen molar-refractivity contribution in [2.75, 3.05) is 46.4 Å². The molecule has 1 heterocycles. The van der Waals surface area contributed by atoms with E-state index in [1.165, 1.54) is 5.56 Å². The fourth-order valence-electron chi connectivity index (χ4n) is 3.03. The minimum atomic E-state index is 0.0908. The van der Waals surface area contributed by atoms with Crippen molar-refractivity contribution < 1.29 is 9.53 Å². The second kappa shape index (κ2) is 9.77. The molecule has 5 nitrogen and oxygen atoms in total. The van der Waals surface area contributed by atoms with Gasteiger partial charge in [0.2, 0.25) is 5.91 Å². The molecule has 0 aromatic heterocycles. The SMILES string of the molecule is C[C@@H](OCCCNC(=O)CN1CCN(C)C[C@@H]1C)c1ccccc1. The lowest BCUT2D eigenvalue weighted by Gasteiger charge is -2.37. The Labute approximate surface area is 146 Å². The Morgan fingerprint density at radius 1 is 1.33 bits per heavy atom. The lowest BCUT2D eigenvalue weighted by atomic mass is 10.1. The Bertz CT molecular complexity index is 495. The second-order valence-corrected chi connectivity index (χ2v) is 6.71. The highest BCUT2D eigenvalue weighted by Gasteiger charge is 2.22. The normalized spacial score (nSPS) is 20.7. The summed E-state index contributed by atoms with van der Waals surface area (Å²) in [4.78, 5) is 16.6. The molecule has 1 aromatic rings. The van der Waals surface area contributed by atoms with Gasteiger partial charge in [-0.3, -0.25) is 9.69 Å². The number of amides is 1. The lowest BCUT2D eigenvalue weighted by Crippen LogP contribution is -2.53. The highest BCUT2D eigenvalue weighted by molar-refractivity contribution is 5.78. The third kappa shape index (κ3) is 6.23. The Morgan fingerprint density at radius 3 is 2.79 bits per heavy atom. The molecular weight excluding hydrogens is 302 g/mol. The largest absolute Gasteiger partial charge is 0.374 e. The zero-order valence-corrected chi connectivity index (χ0v) is 15.2. The van der Waals surface area contributed by atoms with Crippen molar-refractivity contribution >= 4 is 5.91 Å². The van der Waals surface area contributed by atoms with Gasteiger partial charge in [-0.25, -0.2) is 0 Å². The summed E-state index contributed by atoms with van der Waals surface area (Å²) in [5.74, 6) is 0.113. The van der Waals surface area contributed by atoms with Gasteiger partial charge in [-0.2, -0.15) is 0 Å². The lowest BCUT2D eigenvalue weighted by molar-refractivity contribution is -0.123. The van der Waals surface area contributed by atoms with Crippen LogP contribution in [0.3, 0.4) is 0 Å². The van der Waals surface area contributed by atoms with Gasteiger partial charge in [0.15, 0.2) is 0 Å². The number of carbonyl (C=O) groups is 1. The number of nitrogens with zero attached hydrogens (tertiary/aromatic N) is 2. The van der Waals surface area contributed by atoms with Gasteiger partial charge in [0.25, 0.3) is 0 Å². The molecule has 1 aliphatic heterocycles. The molecular formula is C19H31N3O2. The van der Waals surface area contributed by atoms with Crippen molar-refractivity contribution in [1.82, 2.24) is 15.1 Å². The smallest absolute Gasteiger partial charge is 0.234 e. The van der Waals surface area contributed by atoms with E-state index in [0.717, 1.165) is 26.1 Å². The zero-order chi connectivity index (χ0) is 17.4. The number of piperazine rings is 1. The summed E-state index contributed by atoms with van der Waals surface area (Å²) in [7, 11) is 2.13. The first-order valence-electron chi connectivity index (χ1n) is 8.92. The molecule has 134 valence electrons. The first-order valence-corrected chi connectivity index (χ1v) is 8.92. The van der Waals surface area contributed by atoms with Gasteiger partial charge in [0.1, 0.15) is 0 Å². The average molecular weight is 333 g/mol.